The minimum absolute atomic E-state index is 0.0846. The lowest BCUT2D eigenvalue weighted by molar-refractivity contribution is 0.244. The van der Waals surface area contributed by atoms with Crippen LogP contribution in [0.15, 0.2) is 24.3 Å². The van der Waals surface area contributed by atoms with Crippen molar-refractivity contribution in [2.75, 3.05) is 5.32 Å². The Morgan fingerprint density at radius 2 is 2.18 bits per heavy atom. The second kappa shape index (κ2) is 5.30. The molecule has 0 spiro atoms. The molecule has 0 heterocycles. The van der Waals surface area contributed by atoms with Gasteiger partial charge in [0.15, 0.2) is 0 Å². The van der Waals surface area contributed by atoms with Gasteiger partial charge < -0.3 is 10.6 Å². The van der Waals surface area contributed by atoms with Crippen molar-refractivity contribution in [2.24, 2.45) is 0 Å². The minimum Gasteiger partial charge on any atom is -0.320 e. The number of nitrogens with zero attached hydrogens (tertiary/aromatic N) is 1. The van der Waals surface area contributed by atoms with Crippen LogP contribution in [0.5, 0.6) is 0 Å². The molecule has 1 aromatic carbocycles. The highest BCUT2D eigenvalue weighted by Crippen LogP contribution is 2.13. The average Bonchev–Trinajstić information content (AvgIpc) is 2.32. The van der Waals surface area contributed by atoms with Crippen molar-refractivity contribution in [3.05, 3.63) is 30.1 Å². The summed E-state index contributed by atoms with van der Waals surface area (Å²) in [5.74, 6) is -0.516. The van der Waals surface area contributed by atoms with Crippen LogP contribution in [-0.4, -0.2) is 11.6 Å². The molecule has 0 aliphatic carbocycles. The first-order valence-corrected chi connectivity index (χ1v) is 5.25. The smallest absolute Gasteiger partial charge is 0.320 e. The maximum Gasteiger partial charge on any atom is 0.320 e. The summed E-state index contributed by atoms with van der Waals surface area (Å²) in [5, 5.41) is 13.7. The number of carbonyl (C=O) groups is 1. The molecule has 2 N–H and O–H groups in total. The lowest BCUT2D eigenvalue weighted by atomic mass is 10.0. The number of nitrogens with one attached hydrogen (secondary N) is 2. The third-order valence-electron chi connectivity index (χ3n) is 2.47. The maximum absolute atomic E-state index is 13.2. The van der Waals surface area contributed by atoms with Crippen LogP contribution in [0.3, 0.4) is 0 Å². The fraction of sp³-hybridized carbons (Fsp3) is 0.333. The zero-order valence-corrected chi connectivity index (χ0v) is 9.75. The molecule has 5 heteroatoms. The number of hydrogen-bond donors (Lipinski definition) is 2. The standard InChI is InChI=1S/C12H14FN3O/c1-3-12(2,8-14)16-11(17)15-10-7-5-4-6-9(10)13/h4-7H,3H2,1-2H3,(H2,15,16,17). The van der Waals surface area contributed by atoms with E-state index in [1.54, 1.807) is 19.9 Å². The van der Waals surface area contributed by atoms with Gasteiger partial charge in [0.25, 0.3) is 0 Å². The number of rotatable bonds is 3. The van der Waals surface area contributed by atoms with Gasteiger partial charge in [-0.1, -0.05) is 19.1 Å². The zero-order valence-electron chi connectivity index (χ0n) is 9.75. The topological polar surface area (TPSA) is 64.9 Å². The highest BCUT2D eigenvalue weighted by Gasteiger charge is 2.23. The first kappa shape index (κ1) is 13.0. The summed E-state index contributed by atoms with van der Waals surface area (Å²) in [7, 11) is 0. The molecule has 1 rings (SSSR count). The van der Waals surface area contributed by atoms with Gasteiger partial charge in [0, 0.05) is 0 Å². The Kier molecular flexibility index (Phi) is 4.05. The van der Waals surface area contributed by atoms with Crippen molar-refractivity contribution in [2.45, 2.75) is 25.8 Å². The normalized spacial score (nSPS) is 13.3. The number of halogens is 1. The van der Waals surface area contributed by atoms with Gasteiger partial charge in [0.2, 0.25) is 0 Å². The fourth-order valence-corrected chi connectivity index (χ4v) is 1.16. The molecule has 1 atom stereocenters. The predicted molar refractivity (Wildman–Crippen MR) is 62.9 cm³/mol. The van der Waals surface area contributed by atoms with Crippen molar-refractivity contribution in [3.63, 3.8) is 0 Å². The van der Waals surface area contributed by atoms with Gasteiger partial charge in [-0.25, -0.2) is 9.18 Å². The van der Waals surface area contributed by atoms with Crippen LogP contribution in [-0.2, 0) is 0 Å². The molecule has 17 heavy (non-hydrogen) atoms. The SMILES string of the molecule is CCC(C)(C#N)NC(=O)Nc1ccccc1F. The molecule has 2 amide bonds. The summed E-state index contributed by atoms with van der Waals surface area (Å²) < 4.78 is 13.2. The molecule has 0 aliphatic rings. The van der Waals surface area contributed by atoms with E-state index in [-0.39, 0.29) is 5.69 Å². The molecule has 0 bridgehead atoms. The maximum atomic E-state index is 13.2. The van der Waals surface area contributed by atoms with Crippen molar-refractivity contribution in [3.8, 4) is 6.07 Å². The summed E-state index contributed by atoms with van der Waals surface area (Å²) in [6, 6.07) is 7.24. The van der Waals surface area contributed by atoms with Crippen molar-refractivity contribution in [1.82, 2.24) is 5.32 Å². The Labute approximate surface area is 99.4 Å². The summed E-state index contributed by atoms with van der Waals surface area (Å²) in [6.07, 6.45) is 0.466. The summed E-state index contributed by atoms with van der Waals surface area (Å²) in [5.41, 5.74) is -0.864. The second-order valence-corrected chi connectivity index (χ2v) is 3.86. The van der Waals surface area contributed by atoms with E-state index in [4.69, 9.17) is 5.26 Å². The average molecular weight is 235 g/mol. The molecule has 0 radical (unpaired) electrons. The van der Waals surface area contributed by atoms with E-state index in [0.717, 1.165) is 0 Å². The number of para-hydroxylation sites is 1. The van der Waals surface area contributed by atoms with Gasteiger partial charge >= 0.3 is 6.03 Å². The third-order valence-corrected chi connectivity index (χ3v) is 2.47. The molecule has 0 fully saturated rings. The first-order valence-electron chi connectivity index (χ1n) is 5.25. The van der Waals surface area contributed by atoms with Crippen LogP contribution < -0.4 is 10.6 Å². The van der Waals surface area contributed by atoms with Crippen LogP contribution in [0.25, 0.3) is 0 Å². The van der Waals surface area contributed by atoms with Gasteiger partial charge in [0.1, 0.15) is 11.4 Å². The minimum atomic E-state index is -0.949. The van der Waals surface area contributed by atoms with Crippen molar-refractivity contribution >= 4 is 11.7 Å². The molecule has 90 valence electrons. The molecular formula is C12H14FN3O. The largest absolute Gasteiger partial charge is 0.320 e. The lowest BCUT2D eigenvalue weighted by Gasteiger charge is -2.21. The highest BCUT2D eigenvalue weighted by molar-refractivity contribution is 5.90. The van der Waals surface area contributed by atoms with Crippen molar-refractivity contribution < 1.29 is 9.18 Å². The van der Waals surface area contributed by atoms with E-state index in [2.05, 4.69) is 10.6 Å². The summed E-state index contributed by atoms with van der Waals surface area (Å²) >= 11 is 0. The first-order chi connectivity index (χ1) is 8.00. The van der Waals surface area contributed by atoms with Gasteiger partial charge in [-0.15, -0.1) is 0 Å². The molecule has 0 saturated carbocycles. The van der Waals surface area contributed by atoms with E-state index in [0.29, 0.717) is 6.42 Å². The summed E-state index contributed by atoms with van der Waals surface area (Å²) in [4.78, 5) is 11.6. The van der Waals surface area contributed by atoms with Crippen LogP contribution in [0.4, 0.5) is 14.9 Å². The van der Waals surface area contributed by atoms with Crippen LogP contribution in [0.1, 0.15) is 20.3 Å². The number of carbonyl (C=O) groups excluding carboxylic acids is 1. The predicted octanol–water partition coefficient (Wildman–Crippen LogP) is 2.64. The van der Waals surface area contributed by atoms with E-state index in [1.165, 1.54) is 18.2 Å². The molecule has 0 saturated heterocycles. The fourth-order valence-electron chi connectivity index (χ4n) is 1.16. The van der Waals surface area contributed by atoms with Gasteiger partial charge in [0.05, 0.1) is 11.8 Å². The van der Waals surface area contributed by atoms with Gasteiger partial charge in [-0.05, 0) is 25.5 Å². The second-order valence-electron chi connectivity index (χ2n) is 3.86. The number of hydrogen-bond acceptors (Lipinski definition) is 2. The molecule has 4 nitrogen and oxygen atoms in total. The molecule has 0 aromatic heterocycles. The van der Waals surface area contributed by atoms with E-state index < -0.39 is 17.4 Å². The number of nitriles is 1. The van der Waals surface area contributed by atoms with Crippen LogP contribution >= 0.6 is 0 Å². The Hall–Kier alpha value is -2.09. The Balaban J connectivity index is 2.69. The summed E-state index contributed by atoms with van der Waals surface area (Å²) in [6.45, 7) is 3.39. The zero-order chi connectivity index (χ0) is 12.9. The Bertz CT molecular complexity index is 455. The highest BCUT2D eigenvalue weighted by atomic mass is 19.1. The molecule has 1 unspecified atom stereocenters. The third kappa shape index (κ3) is 3.45. The van der Waals surface area contributed by atoms with Gasteiger partial charge in [-0.3, -0.25) is 0 Å². The van der Waals surface area contributed by atoms with Crippen LogP contribution in [0, 0.1) is 17.1 Å². The number of anilines is 1. The van der Waals surface area contributed by atoms with E-state index in [9.17, 15) is 9.18 Å². The van der Waals surface area contributed by atoms with E-state index in [1.807, 2.05) is 6.07 Å². The lowest BCUT2D eigenvalue weighted by Crippen LogP contribution is -2.46. The number of amides is 2. The number of urea groups is 1. The number of benzene rings is 1. The Morgan fingerprint density at radius 1 is 1.53 bits per heavy atom. The Morgan fingerprint density at radius 3 is 2.71 bits per heavy atom. The monoisotopic (exact) mass is 235 g/mol. The van der Waals surface area contributed by atoms with Gasteiger partial charge in [-0.2, -0.15) is 5.26 Å². The van der Waals surface area contributed by atoms with Crippen LogP contribution in [0.2, 0.25) is 0 Å². The molecular weight excluding hydrogens is 221 g/mol. The van der Waals surface area contributed by atoms with E-state index >= 15 is 0 Å². The molecule has 1 aromatic rings. The quantitative estimate of drug-likeness (QED) is 0.845. The molecule has 0 aliphatic heterocycles. The van der Waals surface area contributed by atoms with Crippen molar-refractivity contribution in [1.29, 1.82) is 5.26 Å².